The Kier molecular flexibility index (Phi) is 5.09. The zero-order valence-electron chi connectivity index (χ0n) is 12.9. The second-order valence-corrected chi connectivity index (χ2v) is 5.33. The van der Waals surface area contributed by atoms with Crippen molar-refractivity contribution in [2.75, 3.05) is 0 Å². The number of carbonyl (C=O) groups is 1. The number of hydrogen-bond donors (Lipinski definition) is 1. The largest absolute Gasteiger partial charge is 0.355 e. The molecule has 0 bridgehead atoms. The van der Waals surface area contributed by atoms with Gasteiger partial charge in [0.05, 0.1) is 10.6 Å². The minimum atomic E-state index is -0.485. The highest BCUT2D eigenvalue weighted by molar-refractivity contribution is 6.09. The average molecular weight is 300 g/mol. The molecule has 0 fully saturated rings. The standard InChI is InChI=1S/C17H20N2O3/c1-3-6-12-10-14(7-4-2)18-16(12)17(20)13-8-5-9-15(11-13)19(21)22/h5,8-11,18H,3-4,6-7H2,1-2H3. The number of H-pyrrole nitrogens is 1. The van der Waals surface area contributed by atoms with E-state index in [4.69, 9.17) is 0 Å². The van der Waals surface area contributed by atoms with Gasteiger partial charge in [-0.05, 0) is 24.5 Å². The van der Waals surface area contributed by atoms with Gasteiger partial charge in [0.2, 0.25) is 5.78 Å². The van der Waals surface area contributed by atoms with E-state index in [2.05, 4.69) is 18.8 Å². The van der Waals surface area contributed by atoms with Crippen molar-refractivity contribution in [3.05, 3.63) is 63.0 Å². The van der Waals surface area contributed by atoms with Crippen molar-refractivity contribution in [3.8, 4) is 0 Å². The molecule has 0 aliphatic heterocycles. The number of aromatic nitrogens is 1. The first kappa shape index (κ1) is 15.9. The topological polar surface area (TPSA) is 76.0 Å². The molecule has 22 heavy (non-hydrogen) atoms. The Hall–Kier alpha value is -2.43. The number of rotatable bonds is 7. The molecule has 0 aliphatic rings. The molecule has 0 spiro atoms. The first-order valence-corrected chi connectivity index (χ1v) is 7.56. The van der Waals surface area contributed by atoms with Crippen LogP contribution in [0.5, 0.6) is 0 Å². The third-order valence-corrected chi connectivity index (χ3v) is 3.54. The van der Waals surface area contributed by atoms with Crippen molar-refractivity contribution in [2.24, 2.45) is 0 Å². The lowest BCUT2D eigenvalue weighted by atomic mass is 10.0. The summed E-state index contributed by atoms with van der Waals surface area (Å²) in [6.07, 6.45) is 3.64. The Morgan fingerprint density at radius 1 is 1.18 bits per heavy atom. The van der Waals surface area contributed by atoms with Crippen LogP contribution in [-0.2, 0) is 12.8 Å². The molecule has 1 N–H and O–H groups in total. The number of nitrogens with one attached hydrogen (secondary N) is 1. The zero-order valence-corrected chi connectivity index (χ0v) is 12.9. The van der Waals surface area contributed by atoms with Crippen LogP contribution < -0.4 is 0 Å². The van der Waals surface area contributed by atoms with E-state index in [-0.39, 0.29) is 11.5 Å². The number of aryl methyl sites for hydroxylation is 2. The number of aromatic amines is 1. The number of carbonyl (C=O) groups excluding carboxylic acids is 1. The third kappa shape index (κ3) is 3.42. The van der Waals surface area contributed by atoms with Crippen LogP contribution in [0.2, 0.25) is 0 Å². The highest BCUT2D eigenvalue weighted by Crippen LogP contribution is 2.21. The summed E-state index contributed by atoms with van der Waals surface area (Å²) >= 11 is 0. The van der Waals surface area contributed by atoms with Crippen molar-refractivity contribution in [1.82, 2.24) is 4.98 Å². The van der Waals surface area contributed by atoms with Crippen LogP contribution in [-0.4, -0.2) is 15.7 Å². The van der Waals surface area contributed by atoms with E-state index >= 15 is 0 Å². The summed E-state index contributed by atoms with van der Waals surface area (Å²) in [5.41, 5.74) is 2.87. The average Bonchev–Trinajstić information content (AvgIpc) is 2.90. The lowest BCUT2D eigenvalue weighted by molar-refractivity contribution is -0.384. The minimum absolute atomic E-state index is 0.0665. The highest BCUT2D eigenvalue weighted by Gasteiger charge is 2.18. The quantitative estimate of drug-likeness (QED) is 0.476. The molecule has 1 aromatic heterocycles. The normalized spacial score (nSPS) is 10.6. The number of hydrogen-bond acceptors (Lipinski definition) is 3. The Bertz CT molecular complexity index is 689. The molecule has 0 saturated heterocycles. The summed E-state index contributed by atoms with van der Waals surface area (Å²) in [6, 6.07) is 7.92. The van der Waals surface area contributed by atoms with Gasteiger partial charge in [-0.15, -0.1) is 0 Å². The number of benzene rings is 1. The number of ketones is 1. The Labute approximate surface area is 129 Å². The molecule has 1 heterocycles. The van der Waals surface area contributed by atoms with E-state index in [1.54, 1.807) is 12.1 Å². The molecule has 2 aromatic rings. The molecular weight excluding hydrogens is 280 g/mol. The van der Waals surface area contributed by atoms with Crippen molar-refractivity contribution in [2.45, 2.75) is 39.5 Å². The summed E-state index contributed by atoms with van der Waals surface area (Å²) in [6.45, 7) is 4.15. The molecular formula is C17H20N2O3. The minimum Gasteiger partial charge on any atom is -0.355 e. The molecule has 116 valence electrons. The van der Waals surface area contributed by atoms with E-state index in [0.717, 1.165) is 36.9 Å². The Morgan fingerprint density at radius 3 is 2.55 bits per heavy atom. The van der Waals surface area contributed by atoms with Crippen LogP contribution in [0.4, 0.5) is 5.69 Å². The number of non-ortho nitro benzene ring substituents is 1. The van der Waals surface area contributed by atoms with Gasteiger partial charge >= 0.3 is 0 Å². The van der Waals surface area contributed by atoms with Gasteiger partial charge in [-0.1, -0.05) is 38.8 Å². The van der Waals surface area contributed by atoms with E-state index < -0.39 is 4.92 Å². The first-order chi connectivity index (χ1) is 10.6. The molecule has 0 atom stereocenters. The Balaban J connectivity index is 2.39. The van der Waals surface area contributed by atoms with Crippen LogP contribution in [0.15, 0.2) is 30.3 Å². The molecule has 0 radical (unpaired) electrons. The van der Waals surface area contributed by atoms with Crippen LogP contribution in [0.3, 0.4) is 0 Å². The second kappa shape index (κ2) is 7.02. The lowest BCUT2D eigenvalue weighted by Gasteiger charge is -2.03. The molecule has 0 amide bonds. The number of nitro groups is 1. The van der Waals surface area contributed by atoms with Gasteiger partial charge in [0.15, 0.2) is 0 Å². The van der Waals surface area contributed by atoms with Crippen LogP contribution in [0.25, 0.3) is 0 Å². The van der Waals surface area contributed by atoms with Crippen LogP contribution in [0, 0.1) is 10.1 Å². The van der Waals surface area contributed by atoms with E-state index in [9.17, 15) is 14.9 Å². The summed E-state index contributed by atoms with van der Waals surface area (Å²) in [5.74, 6) is -0.186. The molecule has 5 heteroatoms. The zero-order chi connectivity index (χ0) is 16.1. The van der Waals surface area contributed by atoms with Gasteiger partial charge in [-0.3, -0.25) is 14.9 Å². The molecule has 1 aromatic carbocycles. The van der Waals surface area contributed by atoms with Crippen LogP contribution >= 0.6 is 0 Å². The van der Waals surface area contributed by atoms with Gasteiger partial charge in [0.1, 0.15) is 0 Å². The number of nitro benzene ring substituents is 1. The number of nitrogens with zero attached hydrogens (tertiary/aromatic N) is 1. The predicted octanol–water partition coefficient (Wildman–Crippen LogP) is 4.06. The molecule has 0 unspecified atom stereocenters. The maximum atomic E-state index is 12.7. The van der Waals surface area contributed by atoms with Crippen LogP contribution in [0.1, 0.15) is 54.0 Å². The SMILES string of the molecule is CCCc1cc(CCC)c(C(=O)c2cccc([N+](=O)[O-])c2)[nH]1. The Morgan fingerprint density at radius 2 is 1.91 bits per heavy atom. The summed E-state index contributed by atoms with van der Waals surface area (Å²) < 4.78 is 0. The van der Waals surface area contributed by atoms with Gasteiger partial charge in [0.25, 0.3) is 5.69 Å². The summed E-state index contributed by atoms with van der Waals surface area (Å²) in [7, 11) is 0. The molecule has 0 saturated carbocycles. The second-order valence-electron chi connectivity index (χ2n) is 5.33. The highest BCUT2D eigenvalue weighted by atomic mass is 16.6. The maximum Gasteiger partial charge on any atom is 0.270 e. The van der Waals surface area contributed by atoms with Gasteiger partial charge in [0, 0.05) is 23.4 Å². The van der Waals surface area contributed by atoms with E-state index in [1.807, 2.05) is 6.07 Å². The lowest BCUT2D eigenvalue weighted by Crippen LogP contribution is -2.06. The fraction of sp³-hybridized carbons (Fsp3) is 0.353. The predicted molar refractivity (Wildman–Crippen MR) is 85.3 cm³/mol. The van der Waals surface area contributed by atoms with Gasteiger partial charge in [-0.2, -0.15) is 0 Å². The summed E-state index contributed by atoms with van der Waals surface area (Å²) in [5, 5.41) is 10.9. The fourth-order valence-corrected chi connectivity index (χ4v) is 2.54. The molecule has 0 aliphatic carbocycles. The monoisotopic (exact) mass is 300 g/mol. The third-order valence-electron chi connectivity index (χ3n) is 3.54. The van der Waals surface area contributed by atoms with E-state index in [1.165, 1.54) is 12.1 Å². The fourth-order valence-electron chi connectivity index (χ4n) is 2.54. The van der Waals surface area contributed by atoms with Crippen molar-refractivity contribution in [3.63, 3.8) is 0 Å². The first-order valence-electron chi connectivity index (χ1n) is 7.56. The molecule has 5 nitrogen and oxygen atoms in total. The van der Waals surface area contributed by atoms with Gasteiger partial charge < -0.3 is 4.98 Å². The van der Waals surface area contributed by atoms with E-state index in [0.29, 0.717) is 11.3 Å². The smallest absolute Gasteiger partial charge is 0.270 e. The maximum absolute atomic E-state index is 12.7. The van der Waals surface area contributed by atoms with Gasteiger partial charge in [-0.25, -0.2) is 0 Å². The summed E-state index contributed by atoms with van der Waals surface area (Å²) in [4.78, 5) is 26.2. The van der Waals surface area contributed by atoms with Crippen molar-refractivity contribution < 1.29 is 9.72 Å². The molecule has 2 rings (SSSR count). The van der Waals surface area contributed by atoms with Crippen molar-refractivity contribution >= 4 is 11.5 Å². The van der Waals surface area contributed by atoms with Crippen molar-refractivity contribution in [1.29, 1.82) is 0 Å².